The third-order valence-corrected chi connectivity index (χ3v) is 4.36. The van der Waals surface area contributed by atoms with Gasteiger partial charge in [-0.25, -0.2) is 9.61 Å². The van der Waals surface area contributed by atoms with E-state index in [4.69, 9.17) is 18.8 Å². The lowest BCUT2D eigenvalue weighted by atomic mass is 10.1. The third-order valence-electron chi connectivity index (χ3n) is 4.36. The highest BCUT2D eigenvalue weighted by molar-refractivity contribution is 5.97. The molecule has 0 saturated carbocycles. The van der Waals surface area contributed by atoms with Gasteiger partial charge in [-0.3, -0.25) is 4.79 Å². The molecule has 0 aliphatic rings. The lowest BCUT2D eigenvalue weighted by molar-refractivity contribution is 0.0491. The van der Waals surface area contributed by atoms with Crippen molar-refractivity contribution in [3.05, 3.63) is 54.2 Å². The average Bonchev–Trinajstić information content (AvgIpc) is 3.40. The zero-order chi connectivity index (χ0) is 20.2. The summed E-state index contributed by atoms with van der Waals surface area (Å²) in [4.78, 5) is 17.6. The molecule has 0 spiro atoms. The van der Waals surface area contributed by atoms with Crippen molar-refractivity contribution in [2.24, 2.45) is 0 Å². The monoisotopic (exact) mass is 394 g/mol. The molecular formula is C20H18N4O5. The van der Waals surface area contributed by atoms with E-state index in [1.165, 1.54) is 20.4 Å². The number of benzene rings is 2. The summed E-state index contributed by atoms with van der Waals surface area (Å²) >= 11 is 0. The molecule has 0 fully saturated rings. The second kappa shape index (κ2) is 8.11. The molecule has 4 aromatic rings. The van der Waals surface area contributed by atoms with Crippen LogP contribution in [0.5, 0.6) is 11.5 Å². The summed E-state index contributed by atoms with van der Waals surface area (Å²) in [5, 5.41) is 7.50. The molecule has 0 aliphatic heterocycles. The Morgan fingerprint density at radius 3 is 2.76 bits per heavy atom. The van der Waals surface area contributed by atoms with E-state index in [1.807, 2.05) is 24.3 Å². The Labute approximate surface area is 165 Å². The highest BCUT2D eigenvalue weighted by atomic mass is 16.7. The molecule has 0 saturated heterocycles. The Morgan fingerprint density at radius 1 is 1.14 bits per heavy atom. The quantitative estimate of drug-likeness (QED) is 0.332. The number of nitrogens with zero attached hydrogens (tertiary/aromatic N) is 4. The summed E-state index contributed by atoms with van der Waals surface area (Å²) in [7, 11) is 3.05. The van der Waals surface area contributed by atoms with Crippen LogP contribution in [0.4, 0.5) is 0 Å². The number of ketones is 1. The molecule has 9 nitrogen and oxygen atoms in total. The Kier molecular flexibility index (Phi) is 5.21. The molecular weight excluding hydrogens is 376 g/mol. The van der Waals surface area contributed by atoms with Crippen molar-refractivity contribution >= 4 is 16.8 Å². The molecule has 0 N–H and O–H groups in total. The predicted molar refractivity (Wildman–Crippen MR) is 103 cm³/mol. The van der Waals surface area contributed by atoms with Gasteiger partial charge in [-0.15, -0.1) is 0 Å². The Balaban J connectivity index is 1.68. The van der Waals surface area contributed by atoms with Crippen LogP contribution in [0.1, 0.15) is 10.4 Å². The minimum atomic E-state index is -0.123. The van der Waals surface area contributed by atoms with E-state index in [2.05, 4.69) is 15.3 Å². The van der Waals surface area contributed by atoms with Gasteiger partial charge in [0.15, 0.2) is 35.6 Å². The fraction of sp³-hybridized carbons (Fsp3) is 0.200. The summed E-state index contributed by atoms with van der Waals surface area (Å²) in [5.41, 5.74) is 2.49. The highest BCUT2D eigenvalue weighted by Crippen LogP contribution is 2.29. The fourth-order valence-corrected chi connectivity index (χ4v) is 3.01. The summed E-state index contributed by atoms with van der Waals surface area (Å²) in [6.45, 7) is 0.143. The van der Waals surface area contributed by atoms with Crippen LogP contribution in [0.25, 0.3) is 22.6 Å². The van der Waals surface area contributed by atoms with E-state index >= 15 is 0 Å². The lowest BCUT2D eigenvalue weighted by Crippen LogP contribution is -2.12. The van der Waals surface area contributed by atoms with Gasteiger partial charge in [0.1, 0.15) is 6.20 Å². The van der Waals surface area contributed by atoms with Crippen LogP contribution in [0.3, 0.4) is 0 Å². The predicted octanol–water partition coefficient (Wildman–Crippen LogP) is 2.96. The van der Waals surface area contributed by atoms with Crippen molar-refractivity contribution in [2.75, 3.05) is 21.0 Å². The number of methoxy groups -OCH3 is 2. The average molecular weight is 394 g/mol. The van der Waals surface area contributed by atoms with Gasteiger partial charge in [-0.2, -0.15) is 0 Å². The zero-order valence-electron chi connectivity index (χ0n) is 15.9. The SMILES string of the molecule is COCOc1ccc(C(=O)Cn2c(-c3cnon3)nc3ccccc32)cc1OC. The van der Waals surface area contributed by atoms with E-state index in [0.717, 1.165) is 11.0 Å². The van der Waals surface area contributed by atoms with Crippen LogP contribution < -0.4 is 9.47 Å². The molecule has 2 aromatic carbocycles. The maximum atomic E-state index is 13.0. The first-order chi connectivity index (χ1) is 14.2. The number of para-hydroxylation sites is 2. The molecule has 0 atom stereocenters. The second-order valence-electron chi connectivity index (χ2n) is 6.14. The number of hydrogen-bond acceptors (Lipinski definition) is 8. The highest BCUT2D eigenvalue weighted by Gasteiger charge is 2.19. The third kappa shape index (κ3) is 3.67. The minimum Gasteiger partial charge on any atom is -0.493 e. The van der Waals surface area contributed by atoms with Crippen molar-refractivity contribution in [3.63, 3.8) is 0 Å². The topological polar surface area (TPSA) is 102 Å². The fourth-order valence-electron chi connectivity index (χ4n) is 3.01. The Bertz CT molecular complexity index is 1140. The molecule has 0 unspecified atom stereocenters. The van der Waals surface area contributed by atoms with Gasteiger partial charge in [-0.1, -0.05) is 17.3 Å². The molecule has 0 bridgehead atoms. The summed E-state index contributed by atoms with van der Waals surface area (Å²) < 4.78 is 22.2. The second-order valence-corrected chi connectivity index (χ2v) is 6.14. The van der Waals surface area contributed by atoms with Crippen LogP contribution in [0.15, 0.2) is 53.3 Å². The number of carbonyl (C=O) groups is 1. The van der Waals surface area contributed by atoms with Gasteiger partial charge in [0.25, 0.3) is 0 Å². The number of Topliss-reactive ketones (excluding diaryl/α,β-unsaturated/α-hetero) is 1. The van der Waals surface area contributed by atoms with Gasteiger partial charge >= 0.3 is 0 Å². The number of rotatable bonds is 8. The Hall–Kier alpha value is -3.72. The van der Waals surface area contributed by atoms with Crippen molar-refractivity contribution in [3.8, 4) is 23.0 Å². The number of aromatic nitrogens is 4. The van der Waals surface area contributed by atoms with Gasteiger partial charge in [0.2, 0.25) is 0 Å². The molecule has 148 valence electrons. The summed E-state index contributed by atoms with van der Waals surface area (Å²) in [6.07, 6.45) is 1.47. The van der Waals surface area contributed by atoms with Crippen LogP contribution in [0, 0.1) is 0 Å². The molecule has 0 aliphatic carbocycles. The van der Waals surface area contributed by atoms with E-state index < -0.39 is 0 Å². The number of fused-ring (bicyclic) bond motifs is 1. The van der Waals surface area contributed by atoms with E-state index in [1.54, 1.807) is 22.8 Å². The standard InChI is InChI=1S/C20H18N4O5/c1-26-12-28-18-8-7-13(9-19(18)27-2)17(25)11-24-16-6-4-3-5-14(16)22-20(24)15-10-21-29-23-15/h3-10H,11-12H2,1-2H3. The molecule has 9 heteroatoms. The first-order valence-corrected chi connectivity index (χ1v) is 8.77. The number of carbonyl (C=O) groups excluding carboxylic acids is 1. The van der Waals surface area contributed by atoms with Crippen LogP contribution in [-0.4, -0.2) is 46.7 Å². The zero-order valence-corrected chi connectivity index (χ0v) is 15.9. The van der Waals surface area contributed by atoms with Crippen molar-refractivity contribution in [1.29, 1.82) is 0 Å². The van der Waals surface area contributed by atoms with Crippen molar-refractivity contribution in [1.82, 2.24) is 19.9 Å². The molecule has 2 heterocycles. The number of hydrogen-bond donors (Lipinski definition) is 0. The van der Waals surface area contributed by atoms with Gasteiger partial charge < -0.3 is 18.8 Å². The summed E-state index contributed by atoms with van der Waals surface area (Å²) in [5.74, 6) is 1.33. The molecule has 2 aromatic heterocycles. The van der Waals surface area contributed by atoms with Crippen molar-refractivity contribution in [2.45, 2.75) is 6.54 Å². The van der Waals surface area contributed by atoms with Crippen LogP contribution in [0.2, 0.25) is 0 Å². The van der Waals surface area contributed by atoms with Crippen LogP contribution in [-0.2, 0) is 11.3 Å². The molecule has 0 radical (unpaired) electrons. The molecule has 4 rings (SSSR count). The van der Waals surface area contributed by atoms with Crippen LogP contribution >= 0.6 is 0 Å². The van der Waals surface area contributed by atoms with Gasteiger partial charge in [0.05, 0.1) is 24.7 Å². The van der Waals surface area contributed by atoms with Gasteiger partial charge in [0, 0.05) is 12.7 Å². The first kappa shape index (κ1) is 18.6. The number of imidazole rings is 1. The minimum absolute atomic E-state index is 0.0597. The normalized spacial score (nSPS) is 11.0. The van der Waals surface area contributed by atoms with Gasteiger partial charge in [-0.05, 0) is 35.5 Å². The first-order valence-electron chi connectivity index (χ1n) is 8.77. The molecule has 29 heavy (non-hydrogen) atoms. The Morgan fingerprint density at radius 2 is 2.00 bits per heavy atom. The maximum absolute atomic E-state index is 13.0. The van der Waals surface area contributed by atoms with E-state index in [9.17, 15) is 4.79 Å². The number of ether oxygens (including phenoxy) is 3. The largest absolute Gasteiger partial charge is 0.493 e. The van der Waals surface area contributed by atoms with Crippen molar-refractivity contribution < 1.29 is 23.6 Å². The smallest absolute Gasteiger partial charge is 0.188 e. The lowest BCUT2D eigenvalue weighted by Gasteiger charge is -2.12. The molecule has 0 amide bonds. The summed E-state index contributed by atoms with van der Waals surface area (Å²) in [6, 6.07) is 12.6. The maximum Gasteiger partial charge on any atom is 0.188 e. The van der Waals surface area contributed by atoms with E-state index in [0.29, 0.717) is 28.6 Å². The van der Waals surface area contributed by atoms with E-state index in [-0.39, 0.29) is 19.1 Å².